The maximum atomic E-state index is 10.4. The van der Waals surface area contributed by atoms with Gasteiger partial charge in [0.1, 0.15) is 0 Å². The molecule has 2 radical (unpaired) electrons. The van der Waals surface area contributed by atoms with Gasteiger partial charge < -0.3 is 0 Å². The number of unbranched alkanes of at least 4 members (excludes halogenated alkanes) is 5. The monoisotopic (exact) mass is 528 g/mol. The van der Waals surface area contributed by atoms with Crippen molar-refractivity contribution in [1.29, 1.82) is 0 Å². The molecular formula is C22H30Cl2N4O5Si. The first-order valence-corrected chi connectivity index (χ1v) is 12.9. The molecule has 12 heteroatoms. The van der Waals surface area contributed by atoms with Crippen LogP contribution in [0.3, 0.4) is 0 Å². The molecule has 0 saturated carbocycles. The minimum absolute atomic E-state index is 0.0449. The van der Waals surface area contributed by atoms with Crippen LogP contribution in [0.5, 0.6) is 0 Å². The van der Waals surface area contributed by atoms with E-state index in [0.29, 0.717) is 28.2 Å². The van der Waals surface area contributed by atoms with Crippen molar-refractivity contribution in [2.45, 2.75) is 69.3 Å². The van der Waals surface area contributed by atoms with Crippen molar-refractivity contribution in [3.05, 3.63) is 33.9 Å². The number of benzene rings is 1. The lowest BCUT2D eigenvalue weighted by molar-refractivity contribution is -0.385. The molecule has 34 heavy (non-hydrogen) atoms. The van der Waals surface area contributed by atoms with Crippen LogP contribution in [0.2, 0.25) is 6.04 Å². The Morgan fingerprint density at radius 3 is 2.09 bits per heavy atom. The van der Waals surface area contributed by atoms with Crippen LogP contribution in [-0.2, 0) is 14.4 Å². The Balaban J connectivity index is 0. The molecule has 0 aliphatic carbocycles. The van der Waals surface area contributed by atoms with Gasteiger partial charge in [-0.1, -0.05) is 51.1 Å². The Morgan fingerprint density at radius 1 is 0.971 bits per heavy atom. The standard InChI is InChI=1S/C9H17NO.C8H6N2O3.C5H7Cl2NOSi/c1-2-3-4-5-6-7-8-10-9-11;1-6-2-3-7(9-5-11)4-8(6)10(12)13;6-5(7)10-3-1-2-8-4-9/h2-8H2,1H3;2-4H,1H3;5H,1-3H2. The summed E-state index contributed by atoms with van der Waals surface area (Å²) in [6.07, 6.45) is 12.7. The molecule has 0 atom stereocenters. The molecule has 0 heterocycles. The van der Waals surface area contributed by atoms with Crippen LogP contribution >= 0.6 is 23.2 Å². The molecule has 0 aliphatic heterocycles. The summed E-state index contributed by atoms with van der Waals surface area (Å²) in [5.41, 5.74) is 0.735. The average Bonchev–Trinajstić information content (AvgIpc) is 2.80. The van der Waals surface area contributed by atoms with Gasteiger partial charge in [-0.15, -0.1) is 23.2 Å². The van der Waals surface area contributed by atoms with E-state index in [4.69, 9.17) is 23.2 Å². The van der Waals surface area contributed by atoms with E-state index in [0.717, 1.165) is 18.9 Å². The quantitative estimate of drug-likeness (QED) is 0.0542. The van der Waals surface area contributed by atoms with E-state index in [2.05, 4.69) is 21.9 Å². The number of nitro benzene ring substituents is 1. The summed E-state index contributed by atoms with van der Waals surface area (Å²) in [5, 5.41) is 10.4. The van der Waals surface area contributed by atoms with Crippen molar-refractivity contribution in [3.8, 4) is 0 Å². The van der Waals surface area contributed by atoms with Crippen LogP contribution in [0, 0.1) is 17.0 Å². The summed E-state index contributed by atoms with van der Waals surface area (Å²) >= 11 is 10.9. The summed E-state index contributed by atoms with van der Waals surface area (Å²) in [7, 11) is 0.541. The van der Waals surface area contributed by atoms with Gasteiger partial charge in [-0.05, 0) is 25.8 Å². The SMILES string of the molecule is CCCCCCCCN=C=O.Cc1ccc(N=C=O)cc1[N+](=O)[O-].O=C=NCCC[Si]C(Cl)Cl. The van der Waals surface area contributed by atoms with Gasteiger partial charge in [0, 0.05) is 11.6 Å². The van der Waals surface area contributed by atoms with E-state index in [1.165, 1.54) is 62.5 Å². The molecule has 0 saturated heterocycles. The number of isocyanates is 3. The second-order valence-corrected chi connectivity index (χ2v) is 10.1. The highest BCUT2D eigenvalue weighted by molar-refractivity contribution is 6.68. The molecule has 0 aromatic heterocycles. The number of aryl methyl sites for hydroxylation is 1. The second kappa shape index (κ2) is 25.2. The van der Waals surface area contributed by atoms with Crippen molar-refractivity contribution in [3.63, 3.8) is 0 Å². The fourth-order valence-electron chi connectivity index (χ4n) is 2.35. The Labute approximate surface area is 212 Å². The van der Waals surface area contributed by atoms with E-state index in [1.807, 2.05) is 0 Å². The molecule has 1 aromatic rings. The van der Waals surface area contributed by atoms with Crippen molar-refractivity contribution in [2.24, 2.45) is 15.0 Å². The largest absolute Gasteiger partial charge is 0.274 e. The van der Waals surface area contributed by atoms with Crippen molar-refractivity contribution in [1.82, 2.24) is 0 Å². The predicted molar refractivity (Wildman–Crippen MR) is 136 cm³/mol. The third-order valence-corrected chi connectivity index (χ3v) is 5.94. The molecular weight excluding hydrogens is 499 g/mol. The van der Waals surface area contributed by atoms with Gasteiger partial charge in [0.15, 0.2) is 0 Å². The molecule has 0 fully saturated rings. The normalized spacial score (nSPS) is 9.21. The highest BCUT2D eigenvalue weighted by Crippen LogP contribution is 2.23. The Morgan fingerprint density at radius 2 is 1.56 bits per heavy atom. The zero-order valence-electron chi connectivity index (χ0n) is 19.5. The van der Waals surface area contributed by atoms with E-state index in [9.17, 15) is 24.5 Å². The van der Waals surface area contributed by atoms with Crippen LogP contribution in [-0.4, -0.2) is 50.2 Å². The van der Waals surface area contributed by atoms with Crippen molar-refractivity contribution >= 4 is 62.3 Å². The minimum atomic E-state index is -0.515. The fourth-order valence-corrected chi connectivity index (χ4v) is 3.58. The first kappa shape index (κ1) is 33.7. The molecule has 0 bridgehead atoms. The van der Waals surface area contributed by atoms with Gasteiger partial charge in [-0.25, -0.2) is 24.4 Å². The Hall–Kier alpha value is -2.44. The lowest BCUT2D eigenvalue weighted by Crippen LogP contribution is -2.00. The molecule has 0 spiro atoms. The molecule has 0 N–H and O–H groups in total. The Bertz CT molecular complexity index is 839. The highest BCUT2D eigenvalue weighted by atomic mass is 35.5. The topological polar surface area (TPSA) is 131 Å². The maximum Gasteiger partial charge on any atom is 0.274 e. The van der Waals surface area contributed by atoms with E-state index >= 15 is 0 Å². The smallest absolute Gasteiger partial charge is 0.258 e. The lowest BCUT2D eigenvalue weighted by Gasteiger charge is -1.96. The molecule has 9 nitrogen and oxygen atoms in total. The fraction of sp³-hybridized carbons (Fsp3) is 0.591. The van der Waals surface area contributed by atoms with E-state index in [1.54, 1.807) is 13.0 Å². The first-order valence-electron chi connectivity index (χ1n) is 10.8. The molecule has 1 aromatic carbocycles. The summed E-state index contributed by atoms with van der Waals surface area (Å²) < 4.78 is -0.264. The van der Waals surface area contributed by atoms with Crippen molar-refractivity contribution < 1.29 is 19.3 Å². The average molecular weight is 529 g/mol. The number of aliphatic imine (C=N–C) groups is 3. The molecule has 0 amide bonds. The molecule has 186 valence electrons. The number of nitrogens with zero attached hydrogens (tertiary/aromatic N) is 4. The first-order chi connectivity index (χ1) is 16.3. The Kier molecular flexibility index (Phi) is 25.0. The van der Waals surface area contributed by atoms with Gasteiger partial charge in [0.05, 0.1) is 37.7 Å². The summed E-state index contributed by atoms with van der Waals surface area (Å²) in [5.74, 6) is 0. The van der Waals surface area contributed by atoms with Crippen LogP contribution in [0.25, 0.3) is 0 Å². The number of rotatable bonds is 14. The van der Waals surface area contributed by atoms with Crippen LogP contribution in [0.4, 0.5) is 11.4 Å². The molecule has 0 aliphatic rings. The van der Waals surface area contributed by atoms with Gasteiger partial charge in [0.2, 0.25) is 18.2 Å². The maximum absolute atomic E-state index is 10.4. The summed E-state index contributed by atoms with van der Waals surface area (Å²) in [6, 6.07) is 5.23. The third kappa shape index (κ3) is 22.7. The van der Waals surface area contributed by atoms with Gasteiger partial charge in [-0.2, -0.15) is 4.99 Å². The van der Waals surface area contributed by atoms with Crippen LogP contribution in [0.1, 0.15) is 57.4 Å². The molecule has 0 unspecified atom stereocenters. The third-order valence-electron chi connectivity index (χ3n) is 4.06. The van der Waals surface area contributed by atoms with Gasteiger partial charge >= 0.3 is 0 Å². The van der Waals surface area contributed by atoms with E-state index < -0.39 is 4.92 Å². The number of carbonyl (C=O) groups excluding carboxylic acids is 3. The van der Waals surface area contributed by atoms with Gasteiger partial charge in [-0.3, -0.25) is 10.1 Å². The zero-order valence-corrected chi connectivity index (χ0v) is 22.0. The van der Waals surface area contributed by atoms with Gasteiger partial charge in [0.25, 0.3) is 5.69 Å². The highest BCUT2D eigenvalue weighted by Gasteiger charge is 2.10. The van der Waals surface area contributed by atoms with Crippen LogP contribution < -0.4 is 0 Å². The predicted octanol–water partition coefficient (Wildman–Crippen LogP) is 6.15. The van der Waals surface area contributed by atoms with E-state index in [-0.39, 0.29) is 15.8 Å². The number of nitro groups is 1. The number of halogens is 2. The second-order valence-electron chi connectivity index (χ2n) is 6.75. The van der Waals surface area contributed by atoms with Crippen LogP contribution in [0.15, 0.2) is 33.2 Å². The van der Waals surface area contributed by atoms with Crippen molar-refractivity contribution in [2.75, 3.05) is 13.1 Å². The number of hydrogen-bond acceptors (Lipinski definition) is 8. The lowest BCUT2D eigenvalue weighted by atomic mass is 10.1. The molecule has 1 rings (SSSR count). The zero-order chi connectivity index (χ0) is 26.0. The number of hydrogen-bond donors (Lipinski definition) is 0. The summed E-state index contributed by atoms with van der Waals surface area (Å²) in [4.78, 5) is 49.2. The number of alkyl halides is 2. The summed E-state index contributed by atoms with van der Waals surface area (Å²) in [6.45, 7) is 5.02. The minimum Gasteiger partial charge on any atom is -0.258 e.